The van der Waals surface area contributed by atoms with E-state index in [-0.39, 0.29) is 17.4 Å². The van der Waals surface area contributed by atoms with E-state index in [0.717, 1.165) is 0 Å². The number of benzene rings is 1. The number of aromatic hydroxyl groups is 1. The molecular weight excluding hydrogens is 256 g/mol. The minimum Gasteiger partial charge on any atom is -0.507 e. The van der Waals surface area contributed by atoms with Gasteiger partial charge in [-0.05, 0) is 38.5 Å². The van der Waals surface area contributed by atoms with Gasteiger partial charge in [-0.15, -0.1) is 6.58 Å². The van der Waals surface area contributed by atoms with E-state index in [2.05, 4.69) is 6.58 Å². The number of allylic oxidation sites excluding steroid dienone is 1. The van der Waals surface area contributed by atoms with Gasteiger partial charge >= 0.3 is 5.97 Å². The Kier molecular flexibility index (Phi) is 5.38. The molecule has 0 aliphatic rings. The zero-order valence-corrected chi connectivity index (χ0v) is 12.0. The first kappa shape index (κ1) is 15.8. The summed E-state index contributed by atoms with van der Waals surface area (Å²) in [5, 5.41) is 19.1. The Labute approximate surface area is 119 Å². The fraction of sp³-hybridized carbons (Fsp3) is 0.312. The Balaban J connectivity index is 3.20. The van der Waals surface area contributed by atoms with Crippen molar-refractivity contribution in [3.8, 4) is 11.5 Å². The third kappa shape index (κ3) is 3.41. The van der Waals surface area contributed by atoms with Crippen molar-refractivity contribution in [2.45, 2.75) is 33.3 Å². The molecule has 0 aromatic heterocycles. The number of phenols is 1. The van der Waals surface area contributed by atoms with Gasteiger partial charge in [0.1, 0.15) is 23.2 Å². The summed E-state index contributed by atoms with van der Waals surface area (Å²) in [5.41, 5.74) is 0.807. The maximum absolute atomic E-state index is 11.1. The van der Waals surface area contributed by atoms with E-state index in [9.17, 15) is 9.90 Å². The molecule has 1 rings (SSSR count). The van der Waals surface area contributed by atoms with Gasteiger partial charge in [0.05, 0.1) is 0 Å². The second kappa shape index (κ2) is 6.80. The van der Waals surface area contributed by atoms with Crippen LogP contribution in [0.25, 0.3) is 0 Å². The van der Waals surface area contributed by atoms with Crippen LogP contribution in [-0.4, -0.2) is 22.3 Å². The summed E-state index contributed by atoms with van der Waals surface area (Å²) < 4.78 is 5.81. The lowest BCUT2D eigenvalue weighted by atomic mass is 10.0. The number of hydrogen-bond donors (Lipinski definition) is 2. The molecule has 1 atom stereocenters. The van der Waals surface area contributed by atoms with Gasteiger partial charge in [-0.25, -0.2) is 4.79 Å². The standard InChI is InChI=1S/C16H20O4/c1-5-7-12(8-6-2)20-13-9-10(3)14(16(18)19)15(17)11(13)4/h5-6,8-9,12,17H,1,7H2,2-4H3,(H,18,19). The molecule has 0 saturated carbocycles. The average Bonchev–Trinajstić information content (AvgIpc) is 2.35. The van der Waals surface area contributed by atoms with E-state index in [1.807, 2.05) is 19.1 Å². The molecule has 0 amide bonds. The quantitative estimate of drug-likeness (QED) is 0.779. The highest BCUT2D eigenvalue weighted by Gasteiger charge is 2.19. The van der Waals surface area contributed by atoms with Crippen LogP contribution < -0.4 is 4.74 Å². The maximum Gasteiger partial charge on any atom is 0.339 e. The largest absolute Gasteiger partial charge is 0.507 e. The van der Waals surface area contributed by atoms with Crippen molar-refractivity contribution < 1.29 is 19.7 Å². The van der Waals surface area contributed by atoms with E-state index in [1.165, 1.54) is 0 Å². The van der Waals surface area contributed by atoms with Crippen LogP contribution in [0, 0.1) is 13.8 Å². The monoisotopic (exact) mass is 276 g/mol. The molecule has 4 heteroatoms. The molecule has 4 nitrogen and oxygen atoms in total. The van der Waals surface area contributed by atoms with E-state index >= 15 is 0 Å². The van der Waals surface area contributed by atoms with Crippen molar-refractivity contribution in [1.82, 2.24) is 0 Å². The van der Waals surface area contributed by atoms with Crippen LogP contribution in [0.1, 0.15) is 34.8 Å². The lowest BCUT2D eigenvalue weighted by Gasteiger charge is -2.18. The molecule has 0 spiro atoms. The SMILES string of the molecule is C=CCC(C=CC)Oc1cc(C)c(C(=O)O)c(O)c1C. The molecule has 0 saturated heterocycles. The normalized spacial score (nSPS) is 12.3. The fourth-order valence-corrected chi connectivity index (χ4v) is 1.97. The Hall–Kier alpha value is -2.23. The third-order valence-corrected chi connectivity index (χ3v) is 3.00. The van der Waals surface area contributed by atoms with Gasteiger partial charge in [0.15, 0.2) is 0 Å². The summed E-state index contributed by atoms with van der Waals surface area (Å²) in [5.74, 6) is -0.911. The summed E-state index contributed by atoms with van der Waals surface area (Å²) in [6.45, 7) is 8.84. The molecule has 1 unspecified atom stereocenters. The number of aromatic carboxylic acids is 1. The van der Waals surface area contributed by atoms with Crippen LogP contribution in [0.4, 0.5) is 0 Å². The van der Waals surface area contributed by atoms with Crippen LogP contribution in [0.15, 0.2) is 30.9 Å². The fourth-order valence-electron chi connectivity index (χ4n) is 1.97. The summed E-state index contributed by atoms with van der Waals surface area (Å²) in [7, 11) is 0. The molecule has 1 aromatic carbocycles. The molecular formula is C16H20O4. The van der Waals surface area contributed by atoms with Crippen LogP contribution in [0.2, 0.25) is 0 Å². The minimum absolute atomic E-state index is 0.0823. The maximum atomic E-state index is 11.1. The molecule has 0 bridgehead atoms. The second-order valence-electron chi connectivity index (χ2n) is 4.55. The first-order chi connectivity index (χ1) is 9.42. The van der Waals surface area contributed by atoms with Gasteiger partial charge in [-0.3, -0.25) is 0 Å². The molecule has 0 radical (unpaired) electrons. The molecule has 0 aliphatic carbocycles. The smallest absolute Gasteiger partial charge is 0.339 e. The van der Waals surface area contributed by atoms with Crippen molar-refractivity contribution in [3.05, 3.63) is 47.6 Å². The van der Waals surface area contributed by atoms with E-state index in [1.54, 1.807) is 26.0 Å². The molecule has 0 fully saturated rings. The Morgan fingerprint density at radius 2 is 2.15 bits per heavy atom. The highest BCUT2D eigenvalue weighted by Crippen LogP contribution is 2.34. The molecule has 0 heterocycles. The predicted octanol–water partition coefficient (Wildman–Crippen LogP) is 3.61. The summed E-state index contributed by atoms with van der Waals surface area (Å²) in [6.07, 6.45) is 5.95. The van der Waals surface area contributed by atoms with Gasteiger partial charge in [-0.1, -0.05) is 12.2 Å². The van der Waals surface area contributed by atoms with Gasteiger partial charge in [0, 0.05) is 12.0 Å². The van der Waals surface area contributed by atoms with Crippen LogP contribution >= 0.6 is 0 Å². The van der Waals surface area contributed by atoms with E-state index < -0.39 is 5.97 Å². The van der Waals surface area contributed by atoms with E-state index in [4.69, 9.17) is 9.84 Å². The molecule has 2 N–H and O–H groups in total. The van der Waals surface area contributed by atoms with Crippen LogP contribution in [0.5, 0.6) is 11.5 Å². The van der Waals surface area contributed by atoms with Gasteiger partial charge in [0.25, 0.3) is 0 Å². The lowest BCUT2D eigenvalue weighted by Crippen LogP contribution is -2.14. The molecule has 0 aliphatic heterocycles. The topological polar surface area (TPSA) is 66.8 Å². The van der Waals surface area contributed by atoms with Crippen LogP contribution in [0.3, 0.4) is 0 Å². The molecule has 1 aromatic rings. The number of hydrogen-bond acceptors (Lipinski definition) is 3. The lowest BCUT2D eigenvalue weighted by molar-refractivity contribution is 0.0692. The highest BCUT2D eigenvalue weighted by molar-refractivity contribution is 5.93. The first-order valence-corrected chi connectivity index (χ1v) is 6.39. The number of carboxylic acids is 1. The Morgan fingerprint density at radius 1 is 1.50 bits per heavy atom. The van der Waals surface area contributed by atoms with Gasteiger partial charge in [-0.2, -0.15) is 0 Å². The van der Waals surface area contributed by atoms with E-state index in [0.29, 0.717) is 23.3 Å². The number of ether oxygens (including phenoxy) is 1. The Bertz CT molecular complexity index is 544. The number of carbonyl (C=O) groups is 1. The Morgan fingerprint density at radius 3 is 2.65 bits per heavy atom. The summed E-state index contributed by atoms with van der Waals surface area (Å²) in [6, 6.07) is 1.64. The van der Waals surface area contributed by atoms with Crippen molar-refractivity contribution in [2.24, 2.45) is 0 Å². The molecule has 20 heavy (non-hydrogen) atoms. The second-order valence-corrected chi connectivity index (χ2v) is 4.55. The number of aryl methyl sites for hydroxylation is 1. The van der Waals surface area contributed by atoms with Gasteiger partial charge < -0.3 is 14.9 Å². The van der Waals surface area contributed by atoms with Crippen LogP contribution in [-0.2, 0) is 0 Å². The van der Waals surface area contributed by atoms with Crippen molar-refractivity contribution in [2.75, 3.05) is 0 Å². The predicted molar refractivity (Wildman–Crippen MR) is 78.6 cm³/mol. The average molecular weight is 276 g/mol. The van der Waals surface area contributed by atoms with Crippen molar-refractivity contribution >= 4 is 5.97 Å². The third-order valence-electron chi connectivity index (χ3n) is 3.00. The zero-order valence-electron chi connectivity index (χ0n) is 12.0. The summed E-state index contributed by atoms with van der Waals surface area (Å²) in [4.78, 5) is 11.1. The zero-order chi connectivity index (χ0) is 15.3. The first-order valence-electron chi connectivity index (χ1n) is 6.39. The summed E-state index contributed by atoms with van der Waals surface area (Å²) >= 11 is 0. The van der Waals surface area contributed by atoms with Crippen molar-refractivity contribution in [1.29, 1.82) is 0 Å². The minimum atomic E-state index is -1.15. The number of rotatable bonds is 6. The highest BCUT2D eigenvalue weighted by atomic mass is 16.5. The molecule has 108 valence electrons. The number of carboxylic acid groups (broad SMARTS) is 1. The van der Waals surface area contributed by atoms with Crippen molar-refractivity contribution in [3.63, 3.8) is 0 Å². The van der Waals surface area contributed by atoms with Gasteiger partial charge in [0.2, 0.25) is 0 Å².